The predicted octanol–water partition coefficient (Wildman–Crippen LogP) is 5.00. The largest absolute Gasteiger partial charge is 0.310 e. The van der Waals surface area contributed by atoms with Crippen molar-refractivity contribution in [2.24, 2.45) is 5.92 Å². The Morgan fingerprint density at radius 1 is 1.16 bits per heavy atom. The maximum absolute atomic E-state index is 14.1. The van der Waals surface area contributed by atoms with E-state index in [9.17, 15) is 4.39 Å². The van der Waals surface area contributed by atoms with E-state index >= 15 is 0 Å². The lowest BCUT2D eigenvalue weighted by Crippen LogP contribution is -2.25. The van der Waals surface area contributed by atoms with E-state index in [0.29, 0.717) is 5.92 Å². The minimum absolute atomic E-state index is 0.0699. The summed E-state index contributed by atoms with van der Waals surface area (Å²) in [6.07, 6.45) is 4.42. The average molecular weight is 265 g/mol. The summed E-state index contributed by atoms with van der Waals surface area (Å²) in [6, 6.07) is 5.74. The van der Waals surface area contributed by atoms with Gasteiger partial charge in [0.2, 0.25) is 0 Å². The molecule has 0 spiro atoms. The van der Waals surface area contributed by atoms with E-state index < -0.39 is 0 Å². The molecule has 0 amide bonds. The Labute approximate surface area is 117 Å². The van der Waals surface area contributed by atoms with Crippen molar-refractivity contribution in [1.82, 2.24) is 5.32 Å². The Kier molecular flexibility index (Phi) is 7.07. The molecule has 1 aromatic carbocycles. The van der Waals surface area contributed by atoms with Crippen molar-refractivity contribution >= 4 is 0 Å². The summed E-state index contributed by atoms with van der Waals surface area (Å²) in [4.78, 5) is 0. The molecule has 19 heavy (non-hydrogen) atoms. The molecule has 0 bridgehead atoms. The number of hydrogen-bond acceptors (Lipinski definition) is 1. The van der Waals surface area contributed by atoms with Crippen molar-refractivity contribution in [3.8, 4) is 0 Å². The first kappa shape index (κ1) is 16.2. The number of benzene rings is 1. The summed E-state index contributed by atoms with van der Waals surface area (Å²) >= 11 is 0. The quantitative estimate of drug-likeness (QED) is 0.697. The zero-order chi connectivity index (χ0) is 14.3. The van der Waals surface area contributed by atoms with Gasteiger partial charge in [-0.15, -0.1) is 0 Å². The highest BCUT2D eigenvalue weighted by Crippen LogP contribution is 2.27. The summed E-state index contributed by atoms with van der Waals surface area (Å²) < 4.78 is 14.1. The lowest BCUT2D eigenvalue weighted by atomic mass is 9.90. The predicted molar refractivity (Wildman–Crippen MR) is 80.9 cm³/mol. The lowest BCUT2D eigenvalue weighted by molar-refractivity contribution is 0.364. The highest BCUT2D eigenvalue weighted by Gasteiger charge is 2.18. The van der Waals surface area contributed by atoms with Crippen LogP contribution in [0.2, 0.25) is 0 Å². The molecule has 0 aliphatic heterocycles. The normalized spacial score (nSPS) is 12.9. The lowest BCUT2D eigenvalue weighted by Gasteiger charge is -2.24. The van der Waals surface area contributed by atoms with Crippen LogP contribution in [0.4, 0.5) is 4.39 Å². The molecular formula is C17H28FN. The van der Waals surface area contributed by atoms with Gasteiger partial charge in [-0.1, -0.05) is 45.7 Å². The van der Waals surface area contributed by atoms with Crippen molar-refractivity contribution in [2.75, 3.05) is 6.54 Å². The molecule has 108 valence electrons. The van der Waals surface area contributed by atoms with Crippen molar-refractivity contribution in [2.45, 2.75) is 59.4 Å². The molecule has 1 unspecified atom stereocenters. The van der Waals surface area contributed by atoms with Crippen LogP contribution in [0.25, 0.3) is 0 Å². The molecule has 0 aliphatic carbocycles. The van der Waals surface area contributed by atoms with Crippen LogP contribution in [0.5, 0.6) is 0 Å². The van der Waals surface area contributed by atoms with Gasteiger partial charge < -0.3 is 5.32 Å². The Balaban J connectivity index is 2.88. The minimum Gasteiger partial charge on any atom is -0.310 e. The average Bonchev–Trinajstić information content (AvgIpc) is 2.40. The first-order chi connectivity index (χ1) is 9.12. The van der Waals surface area contributed by atoms with Gasteiger partial charge in [-0.05, 0) is 43.9 Å². The second-order valence-corrected chi connectivity index (χ2v) is 5.45. The van der Waals surface area contributed by atoms with Gasteiger partial charge in [0.25, 0.3) is 0 Å². The Morgan fingerprint density at radius 3 is 2.37 bits per heavy atom. The van der Waals surface area contributed by atoms with Gasteiger partial charge >= 0.3 is 0 Å². The van der Waals surface area contributed by atoms with E-state index in [1.54, 1.807) is 6.07 Å². The Morgan fingerprint density at radius 2 is 1.84 bits per heavy atom. The Hall–Kier alpha value is -0.890. The van der Waals surface area contributed by atoms with Gasteiger partial charge in [0, 0.05) is 11.6 Å². The monoisotopic (exact) mass is 265 g/mol. The topological polar surface area (TPSA) is 12.0 Å². The highest BCUT2D eigenvalue weighted by atomic mass is 19.1. The molecule has 0 saturated carbocycles. The molecule has 1 N–H and O–H groups in total. The fourth-order valence-corrected chi connectivity index (χ4v) is 2.51. The maximum atomic E-state index is 14.1. The van der Waals surface area contributed by atoms with Gasteiger partial charge in [0.05, 0.1) is 0 Å². The van der Waals surface area contributed by atoms with Crippen LogP contribution in [0.15, 0.2) is 18.2 Å². The van der Waals surface area contributed by atoms with E-state index in [1.807, 2.05) is 19.1 Å². The van der Waals surface area contributed by atoms with Gasteiger partial charge in [-0.25, -0.2) is 4.39 Å². The third kappa shape index (κ3) is 4.94. The number of rotatable bonds is 8. The maximum Gasteiger partial charge on any atom is 0.128 e. The SMILES string of the molecule is CCCNC(CC(CC)CC)c1ccc(C)cc1F. The summed E-state index contributed by atoms with van der Waals surface area (Å²) in [5.41, 5.74) is 1.81. The second-order valence-electron chi connectivity index (χ2n) is 5.45. The van der Waals surface area contributed by atoms with Crippen LogP contribution in [0.1, 0.15) is 63.6 Å². The number of hydrogen-bond donors (Lipinski definition) is 1. The summed E-state index contributed by atoms with van der Waals surface area (Å²) in [5, 5.41) is 3.51. The van der Waals surface area contributed by atoms with E-state index in [2.05, 4.69) is 26.1 Å². The number of aryl methyl sites for hydroxylation is 1. The van der Waals surface area contributed by atoms with Crippen molar-refractivity contribution in [3.05, 3.63) is 35.1 Å². The Bertz CT molecular complexity index is 372. The van der Waals surface area contributed by atoms with Crippen LogP contribution in [-0.4, -0.2) is 6.54 Å². The zero-order valence-electron chi connectivity index (χ0n) is 12.8. The fourth-order valence-electron chi connectivity index (χ4n) is 2.51. The second kappa shape index (κ2) is 8.31. The first-order valence-electron chi connectivity index (χ1n) is 7.61. The molecule has 1 atom stereocenters. The van der Waals surface area contributed by atoms with Crippen LogP contribution >= 0.6 is 0 Å². The minimum atomic E-state index is -0.0699. The van der Waals surface area contributed by atoms with Crippen LogP contribution in [0.3, 0.4) is 0 Å². The number of nitrogens with one attached hydrogen (secondary N) is 1. The van der Waals surface area contributed by atoms with Crippen molar-refractivity contribution in [1.29, 1.82) is 0 Å². The summed E-state index contributed by atoms with van der Waals surface area (Å²) in [5.74, 6) is 0.592. The molecule has 0 radical (unpaired) electrons. The van der Waals surface area contributed by atoms with Crippen LogP contribution < -0.4 is 5.32 Å². The smallest absolute Gasteiger partial charge is 0.128 e. The molecule has 1 nitrogen and oxygen atoms in total. The molecule has 2 heteroatoms. The molecule has 0 saturated heterocycles. The van der Waals surface area contributed by atoms with Crippen molar-refractivity contribution in [3.63, 3.8) is 0 Å². The van der Waals surface area contributed by atoms with Gasteiger partial charge in [0.1, 0.15) is 5.82 Å². The molecular weight excluding hydrogens is 237 g/mol. The molecule has 0 heterocycles. The third-order valence-electron chi connectivity index (χ3n) is 3.90. The van der Waals surface area contributed by atoms with E-state index in [0.717, 1.165) is 43.4 Å². The summed E-state index contributed by atoms with van der Waals surface area (Å²) in [7, 11) is 0. The van der Waals surface area contributed by atoms with Crippen LogP contribution in [0, 0.1) is 18.7 Å². The molecule has 0 fully saturated rings. The standard InChI is InChI=1S/C17H28FN/c1-5-10-19-17(12-14(6-2)7-3)15-9-8-13(4)11-16(15)18/h8-9,11,14,17,19H,5-7,10,12H2,1-4H3. The molecule has 1 rings (SSSR count). The summed E-state index contributed by atoms with van der Waals surface area (Å²) in [6.45, 7) is 9.46. The third-order valence-corrected chi connectivity index (χ3v) is 3.90. The van der Waals surface area contributed by atoms with Gasteiger partial charge in [0.15, 0.2) is 0 Å². The van der Waals surface area contributed by atoms with Gasteiger partial charge in [-0.3, -0.25) is 0 Å². The molecule has 0 aliphatic rings. The fraction of sp³-hybridized carbons (Fsp3) is 0.647. The zero-order valence-corrected chi connectivity index (χ0v) is 12.8. The molecule has 1 aromatic rings. The molecule has 0 aromatic heterocycles. The van der Waals surface area contributed by atoms with E-state index in [1.165, 1.54) is 0 Å². The highest BCUT2D eigenvalue weighted by molar-refractivity contribution is 5.26. The van der Waals surface area contributed by atoms with Gasteiger partial charge in [-0.2, -0.15) is 0 Å². The van der Waals surface area contributed by atoms with E-state index in [4.69, 9.17) is 0 Å². The van der Waals surface area contributed by atoms with Crippen molar-refractivity contribution < 1.29 is 4.39 Å². The van der Waals surface area contributed by atoms with Crippen LogP contribution in [-0.2, 0) is 0 Å². The van der Waals surface area contributed by atoms with E-state index in [-0.39, 0.29) is 11.9 Å². The number of halogens is 1. The first-order valence-corrected chi connectivity index (χ1v) is 7.61.